The summed E-state index contributed by atoms with van der Waals surface area (Å²) in [6.07, 6.45) is 2.98. The number of ketones is 2. The minimum Gasteiger partial charge on any atom is -0.294 e. The molecule has 2 rings (SSSR count). The van der Waals surface area contributed by atoms with Crippen molar-refractivity contribution in [3.63, 3.8) is 0 Å². The van der Waals surface area contributed by atoms with Crippen LogP contribution in [0.2, 0.25) is 0 Å². The van der Waals surface area contributed by atoms with E-state index in [4.69, 9.17) is 0 Å². The Morgan fingerprint density at radius 3 is 2.41 bits per heavy atom. The van der Waals surface area contributed by atoms with Crippen LogP contribution in [-0.2, 0) is 0 Å². The Balaban J connectivity index is 2.07. The SMILES string of the molecule is O=C(CC(=O)c1ccc(Br)s1)c1ccncc1. The van der Waals surface area contributed by atoms with Crippen LogP contribution in [0.15, 0.2) is 40.4 Å². The molecular weight excluding hydrogens is 302 g/mol. The fourth-order valence-corrected chi connectivity index (χ4v) is 2.66. The minimum absolute atomic E-state index is 0.100. The number of halogens is 1. The Labute approximate surface area is 111 Å². The number of Topliss-reactive ketones (excluding diaryl/α,β-unsaturated/α-hetero) is 2. The summed E-state index contributed by atoms with van der Waals surface area (Å²) in [4.78, 5) is 28.0. The Bertz CT molecular complexity index is 551. The number of carbonyl (C=O) groups excluding carboxylic acids is 2. The molecule has 3 nitrogen and oxygen atoms in total. The van der Waals surface area contributed by atoms with E-state index in [0.29, 0.717) is 10.4 Å². The molecule has 0 saturated heterocycles. The van der Waals surface area contributed by atoms with Crippen LogP contribution in [-0.4, -0.2) is 16.6 Å². The van der Waals surface area contributed by atoms with Crippen molar-refractivity contribution in [1.82, 2.24) is 4.98 Å². The fraction of sp³-hybridized carbons (Fsp3) is 0.0833. The number of carbonyl (C=O) groups is 2. The molecule has 0 amide bonds. The lowest BCUT2D eigenvalue weighted by Gasteiger charge is -1.98. The fourth-order valence-electron chi connectivity index (χ4n) is 1.34. The maximum absolute atomic E-state index is 11.8. The van der Waals surface area contributed by atoms with E-state index in [9.17, 15) is 9.59 Å². The third-order valence-electron chi connectivity index (χ3n) is 2.17. The van der Waals surface area contributed by atoms with Crippen LogP contribution in [0.3, 0.4) is 0 Å². The topological polar surface area (TPSA) is 47.0 Å². The monoisotopic (exact) mass is 309 g/mol. The van der Waals surface area contributed by atoms with Gasteiger partial charge in [0.15, 0.2) is 11.6 Å². The molecule has 2 aromatic heterocycles. The van der Waals surface area contributed by atoms with E-state index in [2.05, 4.69) is 20.9 Å². The molecule has 0 fully saturated rings. The molecule has 0 bridgehead atoms. The number of rotatable bonds is 4. The van der Waals surface area contributed by atoms with Gasteiger partial charge in [0.25, 0.3) is 0 Å². The van der Waals surface area contributed by atoms with Crippen molar-refractivity contribution in [3.8, 4) is 0 Å². The average molecular weight is 310 g/mol. The number of hydrogen-bond donors (Lipinski definition) is 0. The Hall–Kier alpha value is -1.33. The third kappa shape index (κ3) is 3.08. The lowest BCUT2D eigenvalue weighted by molar-refractivity contribution is 0.0896. The van der Waals surface area contributed by atoms with Crippen LogP contribution in [0.25, 0.3) is 0 Å². The number of thiophene rings is 1. The summed E-state index contributed by atoms with van der Waals surface area (Å²) in [6, 6.07) is 6.74. The molecule has 0 aromatic carbocycles. The van der Waals surface area contributed by atoms with E-state index in [1.165, 1.54) is 11.3 Å². The first-order chi connectivity index (χ1) is 8.16. The molecule has 2 heterocycles. The van der Waals surface area contributed by atoms with Gasteiger partial charge in [-0.2, -0.15) is 0 Å². The van der Waals surface area contributed by atoms with Crippen molar-refractivity contribution in [3.05, 3.63) is 50.9 Å². The molecule has 0 aliphatic heterocycles. The van der Waals surface area contributed by atoms with Gasteiger partial charge in [0.2, 0.25) is 0 Å². The van der Waals surface area contributed by atoms with Gasteiger partial charge < -0.3 is 0 Å². The predicted molar refractivity (Wildman–Crippen MR) is 69.5 cm³/mol. The minimum atomic E-state index is -0.179. The molecular formula is C12H8BrNO2S. The normalized spacial score (nSPS) is 10.2. The van der Waals surface area contributed by atoms with E-state index in [1.807, 2.05) is 0 Å². The number of hydrogen-bond acceptors (Lipinski definition) is 4. The Kier molecular flexibility index (Phi) is 3.81. The molecule has 17 heavy (non-hydrogen) atoms. The number of aromatic nitrogens is 1. The molecule has 0 aliphatic rings. The van der Waals surface area contributed by atoms with Crippen molar-refractivity contribution in [1.29, 1.82) is 0 Å². The van der Waals surface area contributed by atoms with Gasteiger partial charge in [0.05, 0.1) is 15.1 Å². The highest BCUT2D eigenvalue weighted by atomic mass is 79.9. The zero-order chi connectivity index (χ0) is 12.3. The van der Waals surface area contributed by atoms with Gasteiger partial charge in [-0.25, -0.2) is 0 Å². The van der Waals surface area contributed by atoms with Crippen molar-refractivity contribution in [2.24, 2.45) is 0 Å². The van der Waals surface area contributed by atoms with E-state index in [-0.39, 0.29) is 18.0 Å². The van der Waals surface area contributed by atoms with Crippen LogP contribution in [0.1, 0.15) is 26.5 Å². The van der Waals surface area contributed by atoms with Crippen LogP contribution < -0.4 is 0 Å². The van der Waals surface area contributed by atoms with Gasteiger partial charge in [0.1, 0.15) is 0 Å². The summed E-state index contributed by atoms with van der Waals surface area (Å²) in [7, 11) is 0. The number of nitrogens with zero attached hydrogens (tertiary/aromatic N) is 1. The quantitative estimate of drug-likeness (QED) is 0.642. The molecule has 2 aromatic rings. The van der Waals surface area contributed by atoms with Gasteiger partial charge in [-0.3, -0.25) is 14.6 Å². The standard InChI is InChI=1S/C12H8BrNO2S/c13-12-2-1-11(17-12)10(16)7-9(15)8-3-5-14-6-4-8/h1-6H,7H2. The molecule has 0 spiro atoms. The summed E-state index contributed by atoms with van der Waals surface area (Å²) in [6.45, 7) is 0. The molecule has 0 saturated carbocycles. The van der Waals surface area contributed by atoms with Crippen LogP contribution in [0.4, 0.5) is 0 Å². The smallest absolute Gasteiger partial charge is 0.180 e. The highest BCUT2D eigenvalue weighted by molar-refractivity contribution is 9.11. The van der Waals surface area contributed by atoms with Crippen molar-refractivity contribution in [2.75, 3.05) is 0 Å². The Morgan fingerprint density at radius 2 is 1.82 bits per heavy atom. The average Bonchev–Trinajstić information content (AvgIpc) is 2.77. The van der Waals surface area contributed by atoms with Gasteiger partial charge in [-0.1, -0.05) is 0 Å². The van der Waals surface area contributed by atoms with Crippen molar-refractivity contribution >= 4 is 38.8 Å². The second-order valence-electron chi connectivity index (χ2n) is 3.36. The molecule has 86 valence electrons. The summed E-state index contributed by atoms with van der Waals surface area (Å²) >= 11 is 4.62. The molecule has 0 radical (unpaired) electrons. The summed E-state index contributed by atoms with van der Waals surface area (Å²) in [5.74, 6) is -0.329. The molecule has 0 unspecified atom stereocenters. The second kappa shape index (κ2) is 5.33. The lowest BCUT2D eigenvalue weighted by Crippen LogP contribution is -2.07. The van der Waals surface area contributed by atoms with Gasteiger partial charge in [0, 0.05) is 18.0 Å². The van der Waals surface area contributed by atoms with Gasteiger partial charge in [-0.05, 0) is 40.2 Å². The first-order valence-corrected chi connectivity index (χ1v) is 6.49. The zero-order valence-corrected chi connectivity index (χ0v) is 11.1. The van der Waals surface area contributed by atoms with E-state index >= 15 is 0 Å². The maximum atomic E-state index is 11.8. The van der Waals surface area contributed by atoms with E-state index in [0.717, 1.165) is 3.79 Å². The van der Waals surface area contributed by atoms with Gasteiger partial charge >= 0.3 is 0 Å². The first kappa shape index (κ1) is 12.1. The summed E-state index contributed by atoms with van der Waals surface area (Å²) < 4.78 is 0.886. The first-order valence-electron chi connectivity index (χ1n) is 4.88. The lowest BCUT2D eigenvalue weighted by atomic mass is 10.1. The van der Waals surface area contributed by atoms with Crippen molar-refractivity contribution in [2.45, 2.75) is 6.42 Å². The maximum Gasteiger partial charge on any atom is 0.180 e. The zero-order valence-electron chi connectivity index (χ0n) is 8.72. The third-order valence-corrected chi connectivity index (χ3v) is 3.84. The summed E-state index contributed by atoms with van der Waals surface area (Å²) in [5.41, 5.74) is 0.518. The molecule has 5 heteroatoms. The van der Waals surface area contributed by atoms with Crippen molar-refractivity contribution < 1.29 is 9.59 Å². The molecule has 0 atom stereocenters. The summed E-state index contributed by atoms with van der Waals surface area (Å²) in [5, 5.41) is 0. The highest BCUT2D eigenvalue weighted by Crippen LogP contribution is 2.23. The molecule has 0 N–H and O–H groups in total. The van der Waals surface area contributed by atoms with Crippen LogP contribution in [0, 0.1) is 0 Å². The molecule has 0 aliphatic carbocycles. The predicted octanol–water partition coefficient (Wildman–Crippen LogP) is 3.36. The largest absolute Gasteiger partial charge is 0.294 e. The Morgan fingerprint density at radius 1 is 1.12 bits per heavy atom. The van der Waals surface area contributed by atoms with E-state index < -0.39 is 0 Å². The number of pyridine rings is 1. The van der Waals surface area contributed by atoms with Gasteiger partial charge in [-0.15, -0.1) is 11.3 Å². The highest BCUT2D eigenvalue weighted by Gasteiger charge is 2.14. The van der Waals surface area contributed by atoms with Crippen LogP contribution in [0.5, 0.6) is 0 Å². The van der Waals surface area contributed by atoms with Crippen LogP contribution >= 0.6 is 27.3 Å². The second-order valence-corrected chi connectivity index (χ2v) is 5.83. The van der Waals surface area contributed by atoms with E-state index in [1.54, 1.807) is 36.7 Å².